The molecule has 0 amide bonds. The number of nitrogen functional groups attached to an aromatic ring is 1. The van der Waals surface area contributed by atoms with Gasteiger partial charge in [0.15, 0.2) is 0 Å². The van der Waals surface area contributed by atoms with Crippen LogP contribution in [0.4, 0.5) is 5.82 Å². The molecule has 2 atom stereocenters. The molecule has 0 aromatic carbocycles. The summed E-state index contributed by atoms with van der Waals surface area (Å²) in [5.41, 5.74) is 6.99. The van der Waals surface area contributed by atoms with E-state index in [0.29, 0.717) is 5.82 Å². The summed E-state index contributed by atoms with van der Waals surface area (Å²) in [6.45, 7) is 3.61. The van der Waals surface area contributed by atoms with E-state index in [1.807, 2.05) is 12.3 Å². The predicted molar refractivity (Wildman–Crippen MR) is 64.8 cm³/mol. The van der Waals surface area contributed by atoms with Crippen LogP contribution in [0.5, 0.6) is 0 Å². The van der Waals surface area contributed by atoms with E-state index in [2.05, 4.69) is 16.0 Å². The Balaban J connectivity index is 1.64. The lowest BCUT2D eigenvalue weighted by atomic mass is 10.0. The number of rotatable bonds is 2. The van der Waals surface area contributed by atoms with Gasteiger partial charge in [-0.05, 0) is 42.4 Å². The minimum Gasteiger partial charge on any atom is -0.384 e. The number of anilines is 1. The van der Waals surface area contributed by atoms with Gasteiger partial charge in [0.1, 0.15) is 5.82 Å². The van der Waals surface area contributed by atoms with Crippen molar-refractivity contribution in [3.63, 3.8) is 0 Å². The standard InChI is InChI=1S/C13H19N3/c14-13-6-10(4-5-15-13)7-16-8-11-2-1-3-12(11)9-16/h4-6,11-12H,1-3,7-9H2,(H2,14,15). The van der Waals surface area contributed by atoms with Crippen LogP contribution in [-0.4, -0.2) is 23.0 Å². The highest BCUT2D eigenvalue weighted by atomic mass is 15.2. The van der Waals surface area contributed by atoms with E-state index in [1.165, 1.54) is 37.9 Å². The van der Waals surface area contributed by atoms with Gasteiger partial charge in [-0.15, -0.1) is 0 Å². The number of hydrogen-bond donors (Lipinski definition) is 1. The van der Waals surface area contributed by atoms with Crippen LogP contribution in [0.3, 0.4) is 0 Å². The number of pyridine rings is 1. The fourth-order valence-corrected chi connectivity index (χ4v) is 3.31. The molecule has 2 N–H and O–H groups in total. The van der Waals surface area contributed by atoms with Gasteiger partial charge in [-0.1, -0.05) is 6.42 Å². The topological polar surface area (TPSA) is 42.1 Å². The molecule has 0 radical (unpaired) electrons. The third-order valence-corrected chi connectivity index (χ3v) is 4.05. The first kappa shape index (κ1) is 10.1. The van der Waals surface area contributed by atoms with Crippen LogP contribution in [0.2, 0.25) is 0 Å². The van der Waals surface area contributed by atoms with Crippen LogP contribution in [0.25, 0.3) is 0 Å². The summed E-state index contributed by atoms with van der Waals surface area (Å²) in [7, 11) is 0. The Kier molecular flexibility index (Phi) is 2.56. The summed E-state index contributed by atoms with van der Waals surface area (Å²) < 4.78 is 0. The molecule has 0 bridgehead atoms. The summed E-state index contributed by atoms with van der Waals surface area (Å²) in [6, 6.07) is 4.07. The van der Waals surface area contributed by atoms with E-state index >= 15 is 0 Å². The Hall–Kier alpha value is -1.09. The van der Waals surface area contributed by atoms with Gasteiger partial charge in [-0.2, -0.15) is 0 Å². The molecule has 16 heavy (non-hydrogen) atoms. The maximum atomic E-state index is 5.70. The summed E-state index contributed by atoms with van der Waals surface area (Å²) >= 11 is 0. The number of aromatic nitrogens is 1. The Morgan fingerprint density at radius 1 is 1.31 bits per heavy atom. The smallest absolute Gasteiger partial charge is 0.123 e. The molecule has 1 saturated carbocycles. The first-order chi connectivity index (χ1) is 7.81. The van der Waals surface area contributed by atoms with Gasteiger partial charge in [-0.25, -0.2) is 4.98 Å². The molecule has 1 aromatic rings. The van der Waals surface area contributed by atoms with Crippen molar-refractivity contribution in [3.8, 4) is 0 Å². The lowest BCUT2D eigenvalue weighted by Gasteiger charge is -2.16. The SMILES string of the molecule is Nc1cc(CN2CC3CCCC3C2)ccn1. The zero-order chi connectivity index (χ0) is 11.0. The highest BCUT2D eigenvalue weighted by Gasteiger charge is 2.35. The number of fused-ring (bicyclic) bond motifs is 1. The molecule has 3 heteroatoms. The summed E-state index contributed by atoms with van der Waals surface area (Å²) in [5.74, 6) is 2.58. The van der Waals surface area contributed by atoms with E-state index in [0.717, 1.165) is 18.4 Å². The van der Waals surface area contributed by atoms with Crippen molar-refractivity contribution in [1.29, 1.82) is 0 Å². The molecule has 86 valence electrons. The Labute approximate surface area is 96.7 Å². The Morgan fingerprint density at radius 2 is 2.06 bits per heavy atom. The van der Waals surface area contributed by atoms with Crippen molar-refractivity contribution in [2.75, 3.05) is 18.8 Å². The van der Waals surface area contributed by atoms with Crippen molar-refractivity contribution in [3.05, 3.63) is 23.9 Å². The fraction of sp³-hybridized carbons (Fsp3) is 0.615. The van der Waals surface area contributed by atoms with E-state index in [4.69, 9.17) is 5.73 Å². The van der Waals surface area contributed by atoms with Crippen LogP contribution in [-0.2, 0) is 6.54 Å². The normalized spacial score (nSPS) is 29.5. The van der Waals surface area contributed by atoms with Crippen molar-refractivity contribution in [2.45, 2.75) is 25.8 Å². The maximum absolute atomic E-state index is 5.70. The van der Waals surface area contributed by atoms with Crippen molar-refractivity contribution in [2.24, 2.45) is 11.8 Å². The second-order valence-corrected chi connectivity index (χ2v) is 5.23. The number of nitrogens with two attached hydrogens (primary N) is 1. The van der Waals surface area contributed by atoms with E-state index in [-0.39, 0.29) is 0 Å². The van der Waals surface area contributed by atoms with E-state index in [9.17, 15) is 0 Å². The van der Waals surface area contributed by atoms with Gasteiger partial charge in [-0.3, -0.25) is 4.90 Å². The molecular weight excluding hydrogens is 198 g/mol. The third kappa shape index (κ3) is 1.92. The minimum atomic E-state index is 0.636. The molecule has 1 aromatic heterocycles. The quantitative estimate of drug-likeness (QED) is 0.822. The van der Waals surface area contributed by atoms with Crippen LogP contribution in [0.15, 0.2) is 18.3 Å². The van der Waals surface area contributed by atoms with Gasteiger partial charge >= 0.3 is 0 Å². The second kappa shape index (κ2) is 4.06. The molecule has 1 saturated heterocycles. The number of nitrogens with zero attached hydrogens (tertiary/aromatic N) is 2. The van der Waals surface area contributed by atoms with Gasteiger partial charge in [0.05, 0.1) is 0 Å². The van der Waals surface area contributed by atoms with Crippen LogP contribution in [0, 0.1) is 11.8 Å². The lowest BCUT2D eigenvalue weighted by molar-refractivity contribution is 0.303. The fourth-order valence-electron chi connectivity index (χ4n) is 3.31. The van der Waals surface area contributed by atoms with Crippen LogP contribution in [0.1, 0.15) is 24.8 Å². The molecule has 3 rings (SSSR count). The molecule has 2 fully saturated rings. The average molecular weight is 217 g/mol. The summed E-state index contributed by atoms with van der Waals surface area (Å²) in [6.07, 6.45) is 6.15. The summed E-state index contributed by atoms with van der Waals surface area (Å²) in [5, 5.41) is 0. The first-order valence-electron chi connectivity index (χ1n) is 6.24. The molecule has 2 aliphatic rings. The molecule has 1 aliphatic carbocycles. The average Bonchev–Trinajstić information content (AvgIpc) is 2.77. The molecule has 2 heterocycles. The first-order valence-corrected chi connectivity index (χ1v) is 6.24. The molecule has 0 spiro atoms. The highest BCUT2D eigenvalue weighted by Crippen LogP contribution is 2.38. The Bertz CT molecular complexity index is 365. The van der Waals surface area contributed by atoms with Gasteiger partial charge in [0.2, 0.25) is 0 Å². The molecule has 2 unspecified atom stereocenters. The number of likely N-dealkylation sites (tertiary alicyclic amines) is 1. The number of hydrogen-bond acceptors (Lipinski definition) is 3. The molecule has 3 nitrogen and oxygen atoms in total. The predicted octanol–water partition coefficient (Wildman–Crippen LogP) is 1.90. The zero-order valence-electron chi connectivity index (χ0n) is 9.60. The van der Waals surface area contributed by atoms with Crippen LogP contribution < -0.4 is 5.73 Å². The third-order valence-electron chi connectivity index (χ3n) is 4.05. The van der Waals surface area contributed by atoms with Crippen LogP contribution >= 0.6 is 0 Å². The van der Waals surface area contributed by atoms with Gasteiger partial charge < -0.3 is 5.73 Å². The van der Waals surface area contributed by atoms with E-state index in [1.54, 1.807) is 0 Å². The minimum absolute atomic E-state index is 0.636. The lowest BCUT2D eigenvalue weighted by Crippen LogP contribution is -2.21. The van der Waals surface area contributed by atoms with Crippen molar-refractivity contribution < 1.29 is 0 Å². The Morgan fingerprint density at radius 3 is 2.75 bits per heavy atom. The molecule has 1 aliphatic heterocycles. The maximum Gasteiger partial charge on any atom is 0.123 e. The summed E-state index contributed by atoms with van der Waals surface area (Å²) in [4.78, 5) is 6.60. The highest BCUT2D eigenvalue weighted by molar-refractivity contribution is 5.31. The van der Waals surface area contributed by atoms with Gasteiger partial charge in [0, 0.05) is 25.8 Å². The van der Waals surface area contributed by atoms with Gasteiger partial charge in [0.25, 0.3) is 0 Å². The van der Waals surface area contributed by atoms with Crippen molar-refractivity contribution >= 4 is 5.82 Å². The molecular formula is C13H19N3. The van der Waals surface area contributed by atoms with E-state index < -0.39 is 0 Å². The monoisotopic (exact) mass is 217 g/mol. The van der Waals surface area contributed by atoms with Crippen molar-refractivity contribution in [1.82, 2.24) is 9.88 Å². The second-order valence-electron chi connectivity index (χ2n) is 5.23. The largest absolute Gasteiger partial charge is 0.384 e. The zero-order valence-corrected chi connectivity index (χ0v) is 9.60.